The average molecular weight is 1070 g/mol. The summed E-state index contributed by atoms with van der Waals surface area (Å²) in [6, 6.07) is 0. The summed E-state index contributed by atoms with van der Waals surface area (Å²) in [4.78, 5) is 58.3. The number of phosphoric ester groups is 2. The number of amides is 1. The highest BCUT2D eigenvalue weighted by molar-refractivity contribution is 7.99. The predicted octanol–water partition coefficient (Wildman–Crippen LogP) is -6.83. The van der Waals surface area contributed by atoms with Gasteiger partial charge in [-0.15, -0.1) is 32.4 Å². The van der Waals surface area contributed by atoms with E-state index >= 15 is 0 Å². The zero-order valence-electron chi connectivity index (χ0n) is 38.2. The Morgan fingerprint density at radius 3 is 1.94 bits per heavy atom. The number of rotatable bonds is 0. The number of ether oxygens (including phenoxy) is 4. The molecule has 1 amide bonds. The summed E-state index contributed by atoms with van der Waals surface area (Å²) in [5.41, 5.74) is 17.4. The summed E-state index contributed by atoms with van der Waals surface area (Å²) in [6.07, 6.45) is -8.74. The fourth-order valence-electron chi connectivity index (χ4n) is 7.96. The van der Waals surface area contributed by atoms with E-state index in [0.29, 0.717) is 5.75 Å². The van der Waals surface area contributed by atoms with Crippen LogP contribution in [0.1, 0.15) is 46.0 Å². The van der Waals surface area contributed by atoms with Crippen LogP contribution in [0.3, 0.4) is 0 Å². The van der Waals surface area contributed by atoms with Crippen LogP contribution in [0.25, 0.3) is 0 Å². The van der Waals surface area contributed by atoms with Crippen LogP contribution >= 0.6 is 27.4 Å². The molecule has 0 spiro atoms. The number of carbonyl (C=O) groups excluding carboxylic acids is 3. The molecule has 0 radical (unpaired) electrons. The van der Waals surface area contributed by atoms with Crippen molar-refractivity contribution in [3.63, 3.8) is 0 Å². The minimum absolute atomic E-state index is 0.0351. The van der Waals surface area contributed by atoms with Crippen molar-refractivity contribution in [1.29, 1.82) is 0 Å². The Kier molecular flexibility index (Phi) is 16.9. The van der Waals surface area contributed by atoms with E-state index in [9.17, 15) is 43.5 Å². The lowest BCUT2D eigenvalue weighted by atomic mass is 10.1. The van der Waals surface area contributed by atoms with E-state index in [2.05, 4.69) is 38.5 Å². The summed E-state index contributed by atoms with van der Waals surface area (Å²) in [5.74, 6) is -0.381. The lowest BCUT2D eigenvalue weighted by Gasteiger charge is -2.84. The van der Waals surface area contributed by atoms with Crippen molar-refractivity contribution in [3.8, 4) is 0 Å². The molecule has 38 nitrogen and oxygen atoms in total. The number of aliphatic hydroxyl groups excluding tert-OH is 2. The maximum absolute atomic E-state index is 13.1. The Labute approximate surface area is 402 Å². The van der Waals surface area contributed by atoms with E-state index in [1.54, 1.807) is 40.0 Å². The molecule has 41 heteroatoms. The number of fused-ring (bicyclic) bond motifs is 16. The number of ketones is 2. The highest BCUT2D eigenvalue weighted by Crippen LogP contribution is 2.50. The van der Waals surface area contributed by atoms with Gasteiger partial charge >= 0.3 is 15.6 Å². The number of phosphoric acid groups is 2. The third-order valence-electron chi connectivity index (χ3n) is 11.7. The fourth-order valence-corrected chi connectivity index (χ4v) is 10.5. The summed E-state index contributed by atoms with van der Waals surface area (Å²) < 4.78 is 70.7. The molecule has 11 N–H and O–H groups in total. The van der Waals surface area contributed by atoms with Crippen LogP contribution in [-0.2, 0) is 60.6 Å². The number of thioether (sulfide) groups is 1. The van der Waals surface area contributed by atoms with E-state index in [-0.39, 0.29) is 81.9 Å². The van der Waals surface area contributed by atoms with Crippen LogP contribution in [0.2, 0.25) is 0 Å². The molecule has 8 unspecified atom stereocenters. The van der Waals surface area contributed by atoms with E-state index in [1.165, 1.54) is 42.9 Å². The quantitative estimate of drug-likeness (QED) is 0.100. The van der Waals surface area contributed by atoms with Gasteiger partial charge in [-0.1, -0.05) is 10.2 Å². The van der Waals surface area contributed by atoms with Gasteiger partial charge in [0, 0.05) is 52.1 Å². The first kappa shape index (κ1) is 53.2. The van der Waals surface area contributed by atoms with Gasteiger partial charge in [0.25, 0.3) is 0 Å². The number of nitrogens with zero attached hydrogens (tertiary/aromatic N) is 14. The number of hydrogen-bond acceptors (Lipinski definition) is 36. The molecule has 398 valence electrons. The molecule has 9 fully saturated rings. The third kappa shape index (κ3) is 11.0. The van der Waals surface area contributed by atoms with Gasteiger partial charge in [0.15, 0.2) is 0 Å². The minimum atomic E-state index is -4.83. The summed E-state index contributed by atoms with van der Waals surface area (Å²) in [6.45, 7) is 0.590. The molecule has 0 aliphatic carbocycles. The molecule has 9 aliphatic heterocycles. The highest BCUT2D eigenvalue weighted by atomic mass is 32.2. The molecule has 10 atom stereocenters. The molecule has 9 saturated heterocycles. The van der Waals surface area contributed by atoms with Crippen molar-refractivity contribution in [3.05, 3.63) is 0 Å². The van der Waals surface area contributed by atoms with Gasteiger partial charge in [0.2, 0.25) is 5.91 Å². The average Bonchev–Trinajstić information content (AvgIpc) is 3.72. The smallest absolute Gasteiger partial charge is 0.388 e. The van der Waals surface area contributed by atoms with E-state index < -0.39 is 84.3 Å². The molecule has 0 aromatic rings. The van der Waals surface area contributed by atoms with E-state index in [0.717, 1.165) is 0 Å². The third-order valence-corrected chi connectivity index (χ3v) is 14.7. The number of carbonyl (C=O) groups is 3. The van der Waals surface area contributed by atoms with Crippen LogP contribution in [0, 0.1) is 0 Å². The molecule has 0 aromatic heterocycles. The Balaban J connectivity index is 0.874. The SMILES string of the molecule is CC1OC2COP(=O)(O)OCCC(=O)CCCC(=O)CSCCC(=O)NCCOP(=O)(O)OC3C(COCN4N(COC2C1O)N1NNNNN2N(NNN41)N1N2N2N4N(C)N(C)N4N12)O[C@@H](C)[C@@H]3O. The molecular weight excluding hydrogens is 1010 g/mol. The van der Waals surface area contributed by atoms with Crippen molar-refractivity contribution in [2.24, 2.45) is 0 Å². The van der Waals surface area contributed by atoms with Crippen molar-refractivity contribution in [2.45, 2.75) is 94.8 Å². The van der Waals surface area contributed by atoms with Crippen molar-refractivity contribution in [2.75, 3.05) is 72.0 Å². The lowest BCUT2D eigenvalue weighted by Crippen LogP contribution is -3.14. The Hall–Kier alpha value is -1.66. The molecule has 70 heavy (non-hydrogen) atoms. The number of nitrogens with one attached hydrogen (secondary N) is 7. The second-order valence-corrected chi connectivity index (χ2v) is 20.5. The maximum atomic E-state index is 13.1. The molecular formula is C29H59N21O17P2S. The molecule has 9 heterocycles. The Morgan fingerprint density at radius 2 is 1.23 bits per heavy atom. The van der Waals surface area contributed by atoms with Crippen LogP contribution in [-0.4, -0.2) is 231 Å². The zero-order valence-corrected chi connectivity index (χ0v) is 40.8. The normalized spacial score (nSPS) is 40.8. The molecule has 0 saturated carbocycles. The number of hydrogen-bond donors (Lipinski definition) is 11. The Bertz CT molecular complexity index is 1990. The van der Waals surface area contributed by atoms with Crippen LogP contribution in [0.5, 0.6) is 0 Å². The van der Waals surface area contributed by atoms with Crippen LogP contribution < -0.4 is 38.5 Å². The van der Waals surface area contributed by atoms with Crippen LogP contribution in [0.15, 0.2) is 0 Å². The first-order valence-electron chi connectivity index (χ1n) is 22.0. The predicted molar refractivity (Wildman–Crippen MR) is 223 cm³/mol. The first-order chi connectivity index (χ1) is 33.4. The van der Waals surface area contributed by atoms with Gasteiger partial charge in [-0.3, -0.25) is 32.5 Å². The molecule has 9 aliphatic rings. The zero-order chi connectivity index (χ0) is 49.6. The monoisotopic (exact) mass is 1070 g/mol. The van der Waals surface area contributed by atoms with Gasteiger partial charge in [-0.25, -0.2) is 9.13 Å². The van der Waals surface area contributed by atoms with Crippen molar-refractivity contribution in [1.82, 2.24) is 111 Å². The van der Waals surface area contributed by atoms with Crippen molar-refractivity contribution >= 4 is 44.9 Å². The summed E-state index contributed by atoms with van der Waals surface area (Å²) >= 11 is 1.23. The lowest BCUT2D eigenvalue weighted by molar-refractivity contribution is -0.953. The second kappa shape index (κ2) is 22.3. The van der Waals surface area contributed by atoms with Crippen LogP contribution in [0.4, 0.5) is 0 Å². The summed E-state index contributed by atoms with van der Waals surface area (Å²) in [7, 11) is -5.85. The topological polar surface area (TPSA) is 370 Å². The minimum Gasteiger partial charge on any atom is -0.388 e. The van der Waals surface area contributed by atoms with Gasteiger partial charge in [0.1, 0.15) is 61.7 Å². The molecule has 9 rings (SSSR count). The van der Waals surface area contributed by atoms with Gasteiger partial charge < -0.3 is 44.3 Å². The molecule has 0 aromatic carbocycles. The maximum Gasteiger partial charge on any atom is 0.472 e. The molecule has 0 bridgehead atoms. The van der Waals surface area contributed by atoms with Gasteiger partial charge in [0.05, 0.1) is 44.4 Å². The fraction of sp³-hybridized carbons (Fsp3) is 0.897. The largest absolute Gasteiger partial charge is 0.472 e. The van der Waals surface area contributed by atoms with E-state index in [1.807, 2.05) is 29.6 Å². The summed E-state index contributed by atoms with van der Waals surface area (Å²) in [5, 5.41) is 47.4. The first-order valence-corrected chi connectivity index (χ1v) is 26.2. The second-order valence-electron chi connectivity index (χ2n) is 16.5. The Morgan fingerprint density at radius 1 is 0.643 bits per heavy atom. The van der Waals surface area contributed by atoms with Crippen molar-refractivity contribution < 1.29 is 80.6 Å². The van der Waals surface area contributed by atoms with E-state index in [4.69, 9.17) is 37.0 Å². The van der Waals surface area contributed by atoms with Gasteiger partial charge in [-0.05, 0) is 72.5 Å². The number of Topliss-reactive ketones (excluding diaryl/α,β-unsaturated/α-hetero) is 2. The van der Waals surface area contributed by atoms with Gasteiger partial charge in [-0.2, -0.15) is 22.8 Å². The highest BCUT2D eigenvalue weighted by Gasteiger charge is 2.80. The number of hydrazine groups is 25. The number of aliphatic hydroxyl groups is 2. The standard InChI is InChI=1S/C29H59N21O17P2S/c1-19-26(54)28-24(66-19)15-64-68(56,57)62-11-8-21(51)6-5-7-22(52)16-70-13-9-25(53)30-10-12-63-69(58,59)67-29-23(65-20(2)27(29)55)14-60-17-39-40(18-61-28)41-33-31-32-34-43-44(36-35-42(39)41)48-47(43)49-45-37(3)38(4)46(45)50(48)49/h19-20,23-24,26-29,31-36,54-55H,5-18H2,1-4H3,(H,30,53)(H,56,57)(H,58,59)/t19?,20-,23?,24?,26?,27-,28?,29?/m0/s1.